The molecule has 1 aliphatic heterocycles. The molecule has 0 spiro atoms. The number of rotatable bonds is 2. The van der Waals surface area contributed by atoms with Crippen LogP contribution in [0.5, 0.6) is 0 Å². The maximum absolute atomic E-state index is 10.8. The summed E-state index contributed by atoms with van der Waals surface area (Å²) in [4.78, 5) is 10.8. The highest BCUT2D eigenvalue weighted by atomic mass is 16.5. The number of ether oxygens (including phenoxy) is 1. The Morgan fingerprint density at radius 3 is 2.75 bits per heavy atom. The molecular formula is C7H7NO4. The fraction of sp³-hybridized carbons (Fsp3) is 0.429. The quantitative estimate of drug-likeness (QED) is 0.676. The summed E-state index contributed by atoms with van der Waals surface area (Å²) in [5, 5.41) is 12.5. The third kappa shape index (κ3) is 0.767. The maximum atomic E-state index is 10.8. The first kappa shape index (κ1) is 7.30. The number of hydrogen-bond donors (Lipinski definition) is 1. The van der Waals surface area contributed by atoms with E-state index in [1.165, 1.54) is 6.26 Å². The molecule has 0 aliphatic carbocycles. The Balaban J connectivity index is 2.35. The van der Waals surface area contributed by atoms with Gasteiger partial charge in [0.05, 0.1) is 13.2 Å². The summed E-state index contributed by atoms with van der Waals surface area (Å²) in [5.41, 5.74) is -0.534. The number of carboxylic acid groups (broad SMARTS) is 1. The number of carboxylic acids is 1. The SMILES string of the molecule is O=C(O)C1(c2ccon2)COC1. The molecule has 1 N–H and O–H groups in total. The number of aromatic nitrogens is 1. The minimum Gasteiger partial charge on any atom is -0.480 e. The van der Waals surface area contributed by atoms with Crippen LogP contribution in [0.15, 0.2) is 16.9 Å². The average molecular weight is 169 g/mol. The summed E-state index contributed by atoms with van der Waals surface area (Å²) >= 11 is 0. The molecule has 5 heteroatoms. The third-order valence-electron chi connectivity index (χ3n) is 2.03. The Hall–Kier alpha value is -1.36. The minimum atomic E-state index is -0.965. The van der Waals surface area contributed by atoms with E-state index in [2.05, 4.69) is 9.68 Å². The topological polar surface area (TPSA) is 72.6 Å². The van der Waals surface area contributed by atoms with E-state index in [0.29, 0.717) is 5.69 Å². The molecule has 0 amide bonds. The second kappa shape index (κ2) is 2.31. The Morgan fingerprint density at radius 1 is 1.67 bits per heavy atom. The van der Waals surface area contributed by atoms with Gasteiger partial charge in [-0.15, -0.1) is 0 Å². The van der Waals surface area contributed by atoms with Gasteiger partial charge in [-0.3, -0.25) is 4.79 Å². The van der Waals surface area contributed by atoms with E-state index in [-0.39, 0.29) is 13.2 Å². The molecule has 5 nitrogen and oxygen atoms in total. The van der Waals surface area contributed by atoms with Crippen LogP contribution < -0.4 is 0 Å². The standard InChI is InChI=1S/C7H7NO4/c9-6(10)7(3-11-4-7)5-1-2-12-8-5/h1-2H,3-4H2,(H,9,10). The molecule has 0 unspecified atom stereocenters. The lowest BCUT2D eigenvalue weighted by Crippen LogP contribution is -2.53. The van der Waals surface area contributed by atoms with Crippen LogP contribution in [0.4, 0.5) is 0 Å². The van der Waals surface area contributed by atoms with Crippen molar-refractivity contribution < 1.29 is 19.2 Å². The molecule has 1 aliphatic rings. The maximum Gasteiger partial charge on any atom is 0.320 e. The fourth-order valence-corrected chi connectivity index (χ4v) is 1.15. The highest BCUT2D eigenvalue weighted by molar-refractivity contribution is 5.82. The number of carbonyl (C=O) groups is 1. The normalized spacial score (nSPS) is 20.0. The molecule has 1 aromatic rings. The first-order valence-electron chi connectivity index (χ1n) is 3.48. The monoisotopic (exact) mass is 169 g/mol. The molecule has 64 valence electrons. The molecule has 1 aromatic heterocycles. The van der Waals surface area contributed by atoms with Crippen LogP contribution in [0.3, 0.4) is 0 Å². The van der Waals surface area contributed by atoms with Crippen molar-refractivity contribution >= 4 is 5.97 Å². The van der Waals surface area contributed by atoms with Crippen LogP contribution in [0.1, 0.15) is 5.69 Å². The van der Waals surface area contributed by atoms with E-state index in [4.69, 9.17) is 9.84 Å². The zero-order valence-electron chi connectivity index (χ0n) is 6.19. The highest BCUT2D eigenvalue weighted by Crippen LogP contribution is 2.31. The lowest BCUT2D eigenvalue weighted by atomic mass is 9.83. The van der Waals surface area contributed by atoms with E-state index < -0.39 is 11.4 Å². The molecule has 1 fully saturated rings. The van der Waals surface area contributed by atoms with Crippen molar-refractivity contribution in [3.05, 3.63) is 18.0 Å². The van der Waals surface area contributed by atoms with Crippen molar-refractivity contribution in [3.63, 3.8) is 0 Å². The Kier molecular flexibility index (Phi) is 1.41. The van der Waals surface area contributed by atoms with Gasteiger partial charge in [-0.05, 0) is 0 Å². The summed E-state index contributed by atoms with van der Waals surface area (Å²) in [5.74, 6) is -0.914. The van der Waals surface area contributed by atoms with Crippen LogP contribution in [0, 0.1) is 0 Å². The average Bonchev–Trinajstić information content (AvgIpc) is 2.35. The van der Waals surface area contributed by atoms with Crippen molar-refractivity contribution in [2.45, 2.75) is 5.41 Å². The first-order valence-corrected chi connectivity index (χ1v) is 3.48. The largest absolute Gasteiger partial charge is 0.480 e. The lowest BCUT2D eigenvalue weighted by molar-refractivity contribution is -0.163. The van der Waals surface area contributed by atoms with Crippen LogP contribution >= 0.6 is 0 Å². The van der Waals surface area contributed by atoms with E-state index in [1.54, 1.807) is 6.07 Å². The molecule has 0 aromatic carbocycles. The van der Waals surface area contributed by atoms with E-state index in [0.717, 1.165) is 0 Å². The van der Waals surface area contributed by atoms with Gasteiger partial charge in [0, 0.05) is 6.07 Å². The molecule has 2 heterocycles. The van der Waals surface area contributed by atoms with E-state index in [9.17, 15) is 4.79 Å². The molecule has 0 radical (unpaired) electrons. The van der Waals surface area contributed by atoms with Crippen molar-refractivity contribution in [2.75, 3.05) is 13.2 Å². The molecular weight excluding hydrogens is 162 g/mol. The third-order valence-corrected chi connectivity index (χ3v) is 2.03. The fourth-order valence-electron chi connectivity index (χ4n) is 1.15. The van der Waals surface area contributed by atoms with Gasteiger partial charge in [-0.25, -0.2) is 0 Å². The zero-order valence-corrected chi connectivity index (χ0v) is 6.19. The first-order chi connectivity index (χ1) is 5.76. The van der Waals surface area contributed by atoms with Crippen LogP contribution in [-0.2, 0) is 14.9 Å². The second-order valence-corrected chi connectivity index (χ2v) is 2.76. The molecule has 2 rings (SSSR count). The molecule has 0 bridgehead atoms. The van der Waals surface area contributed by atoms with Crippen molar-refractivity contribution in [3.8, 4) is 0 Å². The Labute approximate surface area is 67.9 Å². The van der Waals surface area contributed by atoms with Crippen molar-refractivity contribution in [1.29, 1.82) is 0 Å². The van der Waals surface area contributed by atoms with Crippen LogP contribution in [0.2, 0.25) is 0 Å². The second-order valence-electron chi connectivity index (χ2n) is 2.76. The molecule has 1 saturated heterocycles. The Bertz CT molecular complexity index is 288. The van der Waals surface area contributed by atoms with Gasteiger partial charge in [0.15, 0.2) is 5.41 Å². The van der Waals surface area contributed by atoms with E-state index >= 15 is 0 Å². The van der Waals surface area contributed by atoms with Gasteiger partial charge >= 0.3 is 5.97 Å². The summed E-state index contributed by atoms with van der Waals surface area (Å²) in [6.45, 7) is 0.351. The van der Waals surface area contributed by atoms with Gasteiger partial charge < -0.3 is 14.4 Å². The number of aliphatic carboxylic acids is 1. The number of nitrogens with zero attached hydrogens (tertiary/aromatic N) is 1. The molecule has 0 atom stereocenters. The Morgan fingerprint density at radius 2 is 2.42 bits per heavy atom. The van der Waals surface area contributed by atoms with Crippen molar-refractivity contribution in [1.82, 2.24) is 5.16 Å². The summed E-state index contributed by atoms with van der Waals surface area (Å²) in [6, 6.07) is 1.55. The minimum absolute atomic E-state index is 0.175. The number of hydrogen-bond acceptors (Lipinski definition) is 4. The van der Waals surface area contributed by atoms with Crippen molar-refractivity contribution in [2.24, 2.45) is 0 Å². The zero-order chi connectivity index (χ0) is 8.60. The van der Waals surface area contributed by atoms with Gasteiger partial charge in [0.2, 0.25) is 0 Å². The highest BCUT2D eigenvalue weighted by Gasteiger charge is 2.50. The summed E-state index contributed by atoms with van der Waals surface area (Å²) < 4.78 is 9.44. The van der Waals surface area contributed by atoms with Gasteiger partial charge in [-0.2, -0.15) is 0 Å². The summed E-state index contributed by atoms with van der Waals surface area (Å²) in [6.07, 6.45) is 1.36. The lowest BCUT2D eigenvalue weighted by Gasteiger charge is -2.35. The smallest absolute Gasteiger partial charge is 0.320 e. The van der Waals surface area contributed by atoms with Gasteiger partial charge in [0.25, 0.3) is 0 Å². The molecule has 12 heavy (non-hydrogen) atoms. The summed E-state index contributed by atoms with van der Waals surface area (Å²) in [7, 11) is 0. The van der Waals surface area contributed by atoms with Gasteiger partial charge in [-0.1, -0.05) is 5.16 Å². The van der Waals surface area contributed by atoms with Gasteiger partial charge in [0.1, 0.15) is 12.0 Å². The van der Waals surface area contributed by atoms with Crippen LogP contribution in [-0.4, -0.2) is 29.4 Å². The van der Waals surface area contributed by atoms with E-state index in [1.807, 2.05) is 0 Å². The predicted molar refractivity (Wildman–Crippen MR) is 36.6 cm³/mol. The predicted octanol–water partition coefficient (Wildman–Crippen LogP) is 0.0272. The van der Waals surface area contributed by atoms with Crippen LogP contribution in [0.25, 0.3) is 0 Å². The molecule has 0 saturated carbocycles.